The van der Waals surface area contributed by atoms with E-state index < -0.39 is 5.97 Å². The first kappa shape index (κ1) is 12.7. The van der Waals surface area contributed by atoms with Crippen molar-refractivity contribution >= 4 is 28.2 Å². The van der Waals surface area contributed by atoms with Crippen LogP contribution in [0.25, 0.3) is 21.5 Å². The summed E-state index contributed by atoms with van der Waals surface area (Å²) in [4.78, 5) is 19.5. The number of rotatable bonds is 4. The van der Waals surface area contributed by atoms with E-state index in [0.29, 0.717) is 6.42 Å². The molecule has 100 valence electrons. The molecule has 0 aliphatic carbocycles. The Morgan fingerprint density at radius 2 is 2.10 bits per heavy atom. The molecule has 2 heterocycles. The van der Waals surface area contributed by atoms with Crippen LogP contribution in [-0.2, 0) is 11.2 Å². The number of carbonyl (C=O) groups is 1. The van der Waals surface area contributed by atoms with Gasteiger partial charge < -0.3 is 5.11 Å². The third-order valence-electron chi connectivity index (χ3n) is 3.01. The van der Waals surface area contributed by atoms with Crippen molar-refractivity contribution in [3.63, 3.8) is 0 Å². The Labute approximate surface area is 119 Å². The van der Waals surface area contributed by atoms with Crippen LogP contribution in [0.2, 0.25) is 0 Å². The number of aromatic nitrogens is 2. The molecule has 0 amide bonds. The minimum absolute atomic E-state index is 0.108. The molecule has 0 saturated heterocycles. The zero-order valence-corrected chi connectivity index (χ0v) is 11.4. The van der Waals surface area contributed by atoms with Crippen molar-refractivity contribution in [2.45, 2.75) is 12.8 Å². The molecule has 0 aliphatic rings. The summed E-state index contributed by atoms with van der Waals surface area (Å²) < 4.78 is 0. The highest BCUT2D eigenvalue weighted by atomic mass is 32.1. The molecule has 3 aromatic rings. The molecule has 0 atom stereocenters. The number of aliphatic carboxylic acids is 1. The highest BCUT2D eigenvalue weighted by molar-refractivity contribution is 7.13. The third-order valence-corrected chi connectivity index (χ3v) is 3.93. The predicted octanol–water partition coefficient (Wildman–Crippen LogP) is 3.38. The number of carboxylic acids is 1. The van der Waals surface area contributed by atoms with Gasteiger partial charge in [0.1, 0.15) is 5.01 Å². The number of hydrogen-bond acceptors (Lipinski definition) is 4. The van der Waals surface area contributed by atoms with Gasteiger partial charge in [-0.3, -0.25) is 9.78 Å². The topological polar surface area (TPSA) is 63.1 Å². The van der Waals surface area contributed by atoms with Gasteiger partial charge in [0, 0.05) is 28.9 Å². The van der Waals surface area contributed by atoms with E-state index in [1.807, 2.05) is 35.7 Å². The Bertz CT molecular complexity index is 762. The van der Waals surface area contributed by atoms with Gasteiger partial charge in [-0.15, -0.1) is 11.3 Å². The Kier molecular flexibility index (Phi) is 3.43. The summed E-state index contributed by atoms with van der Waals surface area (Å²) in [5, 5.41) is 12.6. The first-order valence-electron chi connectivity index (χ1n) is 6.24. The molecule has 5 heteroatoms. The quantitative estimate of drug-likeness (QED) is 0.797. The van der Waals surface area contributed by atoms with Crippen LogP contribution in [0.4, 0.5) is 0 Å². The molecule has 0 unspecified atom stereocenters. The molecule has 20 heavy (non-hydrogen) atoms. The van der Waals surface area contributed by atoms with Gasteiger partial charge in [0.2, 0.25) is 0 Å². The Hall–Kier alpha value is -2.27. The minimum Gasteiger partial charge on any atom is -0.481 e. The van der Waals surface area contributed by atoms with Crippen molar-refractivity contribution in [3.8, 4) is 10.6 Å². The number of thiazole rings is 1. The zero-order chi connectivity index (χ0) is 13.9. The van der Waals surface area contributed by atoms with Crippen molar-refractivity contribution in [1.82, 2.24) is 9.97 Å². The maximum absolute atomic E-state index is 10.6. The zero-order valence-electron chi connectivity index (χ0n) is 10.6. The van der Waals surface area contributed by atoms with Crippen molar-refractivity contribution in [2.24, 2.45) is 0 Å². The highest BCUT2D eigenvalue weighted by Crippen LogP contribution is 2.29. The molecule has 0 radical (unpaired) electrons. The monoisotopic (exact) mass is 284 g/mol. The standard InChI is InChI=1S/C15H12N2O2S/c18-13(19)7-6-11-9-20-15(17-11)12-5-1-3-10-4-2-8-16-14(10)12/h1-5,8-9H,6-7H2,(H,18,19). The van der Waals surface area contributed by atoms with Crippen LogP contribution in [-0.4, -0.2) is 21.0 Å². The molecule has 0 bridgehead atoms. The Balaban J connectivity index is 1.97. The maximum Gasteiger partial charge on any atom is 0.303 e. The summed E-state index contributed by atoms with van der Waals surface area (Å²) in [6, 6.07) is 9.93. The average Bonchev–Trinajstić information content (AvgIpc) is 2.93. The van der Waals surface area contributed by atoms with Gasteiger partial charge in [-0.25, -0.2) is 4.98 Å². The van der Waals surface area contributed by atoms with E-state index in [4.69, 9.17) is 5.11 Å². The summed E-state index contributed by atoms with van der Waals surface area (Å²) in [6.45, 7) is 0. The number of fused-ring (bicyclic) bond motifs is 1. The number of para-hydroxylation sites is 1. The van der Waals surface area contributed by atoms with Gasteiger partial charge in [-0.05, 0) is 12.1 Å². The molecule has 0 spiro atoms. The largest absolute Gasteiger partial charge is 0.481 e. The van der Waals surface area contributed by atoms with Crippen LogP contribution in [0.1, 0.15) is 12.1 Å². The molecule has 2 aromatic heterocycles. The maximum atomic E-state index is 10.6. The highest BCUT2D eigenvalue weighted by Gasteiger charge is 2.10. The number of carboxylic acid groups (broad SMARTS) is 1. The van der Waals surface area contributed by atoms with Crippen LogP contribution >= 0.6 is 11.3 Å². The smallest absolute Gasteiger partial charge is 0.303 e. The summed E-state index contributed by atoms with van der Waals surface area (Å²) in [7, 11) is 0. The number of benzene rings is 1. The number of nitrogens with zero attached hydrogens (tertiary/aromatic N) is 2. The van der Waals surface area contributed by atoms with Gasteiger partial charge in [0.25, 0.3) is 0 Å². The fraction of sp³-hybridized carbons (Fsp3) is 0.133. The lowest BCUT2D eigenvalue weighted by molar-refractivity contribution is -0.136. The van der Waals surface area contributed by atoms with Crippen LogP contribution in [0.5, 0.6) is 0 Å². The molecular weight excluding hydrogens is 272 g/mol. The van der Waals surface area contributed by atoms with Gasteiger partial charge in [-0.1, -0.05) is 18.2 Å². The summed E-state index contributed by atoms with van der Waals surface area (Å²) in [6.07, 6.45) is 2.34. The molecule has 1 aromatic carbocycles. The van der Waals surface area contributed by atoms with Gasteiger partial charge in [-0.2, -0.15) is 0 Å². The first-order valence-corrected chi connectivity index (χ1v) is 7.12. The van der Waals surface area contributed by atoms with Crippen molar-refractivity contribution in [3.05, 3.63) is 47.6 Å². The minimum atomic E-state index is -0.800. The van der Waals surface area contributed by atoms with E-state index in [9.17, 15) is 4.79 Å². The van der Waals surface area contributed by atoms with E-state index in [2.05, 4.69) is 9.97 Å². The fourth-order valence-electron chi connectivity index (χ4n) is 2.06. The molecule has 0 saturated carbocycles. The van der Waals surface area contributed by atoms with Gasteiger partial charge >= 0.3 is 5.97 Å². The van der Waals surface area contributed by atoms with Crippen LogP contribution in [0.3, 0.4) is 0 Å². The molecule has 0 aliphatic heterocycles. The molecule has 1 N–H and O–H groups in total. The van der Waals surface area contributed by atoms with Crippen LogP contribution in [0, 0.1) is 0 Å². The summed E-state index contributed by atoms with van der Waals surface area (Å²) in [5.41, 5.74) is 2.74. The number of aryl methyl sites for hydroxylation is 1. The molecule has 3 rings (SSSR count). The van der Waals surface area contributed by atoms with Gasteiger partial charge in [0.15, 0.2) is 0 Å². The second-order valence-corrected chi connectivity index (χ2v) is 5.28. The third kappa shape index (κ3) is 2.53. The second-order valence-electron chi connectivity index (χ2n) is 4.42. The van der Waals surface area contributed by atoms with Gasteiger partial charge in [0.05, 0.1) is 17.6 Å². The molecular formula is C15H12N2O2S. The molecule has 0 fully saturated rings. The lowest BCUT2D eigenvalue weighted by Gasteiger charge is -2.01. The fourth-order valence-corrected chi connectivity index (χ4v) is 2.94. The SMILES string of the molecule is O=C(O)CCc1csc(-c2cccc3cccnc23)n1. The van der Waals surface area contributed by atoms with E-state index in [1.165, 1.54) is 11.3 Å². The average molecular weight is 284 g/mol. The summed E-state index contributed by atoms with van der Waals surface area (Å²) >= 11 is 1.53. The lowest BCUT2D eigenvalue weighted by atomic mass is 10.1. The number of hydrogen-bond donors (Lipinski definition) is 1. The van der Waals surface area contributed by atoms with Crippen molar-refractivity contribution in [2.75, 3.05) is 0 Å². The predicted molar refractivity (Wildman–Crippen MR) is 78.8 cm³/mol. The van der Waals surface area contributed by atoms with Crippen LogP contribution < -0.4 is 0 Å². The van der Waals surface area contributed by atoms with E-state index in [1.54, 1.807) is 6.20 Å². The first-order chi connectivity index (χ1) is 9.74. The van der Waals surface area contributed by atoms with E-state index >= 15 is 0 Å². The second kappa shape index (κ2) is 5.38. The van der Waals surface area contributed by atoms with Crippen LogP contribution in [0.15, 0.2) is 41.9 Å². The normalized spacial score (nSPS) is 10.8. The number of pyridine rings is 1. The summed E-state index contributed by atoms with van der Waals surface area (Å²) in [5.74, 6) is -0.800. The Morgan fingerprint density at radius 1 is 1.25 bits per heavy atom. The van der Waals surface area contributed by atoms with Crippen molar-refractivity contribution < 1.29 is 9.90 Å². The van der Waals surface area contributed by atoms with Crippen molar-refractivity contribution in [1.29, 1.82) is 0 Å². The van der Waals surface area contributed by atoms with E-state index in [0.717, 1.165) is 27.2 Å². The lowest BCUT2D eigenvalue weighted by Crippen LogP contribution is -1.97. The van der Waals surface area contributed by atoms with E-state index in [-0.39, 0.29) is 6.42 Å². The molecule has 4 nitrogen and oxygen atoms in total. The Morgan fingerprint density at radius 3 is 2.95 bits per heavy atom.